The van der Waals surface area contributed by atoms with E-state index in [0.29, 0.717) is 0 Å². The largest absolute Gasteiger partial charge is 0.468 e. The lowest BCUT2D eigenvalue weighted by Gasteiger charge is -2.25. The quantitative estimate of drug-likeness (QED) is 0.605. The first-order valence-electron chi connectivity index (χ1n) is 6.36. The summed E-state index contributed by atoms with van der Waals surface area (Å²) in [6.45, 7) is 0. The normalized spacial score (nSPS) is 34.4. The molecule has 2 aliphatic carbocycles. The zero-order chi connectivity index (χ0) is 11.0. The zero-order valence-corrected chi connectivity index (χ0v) is 9.56. The maximum absolute atomic E-state index is 5.63. The van der Waals surface area contributed by atoms with Gasteiger partial charge in [0.15, 0.2) is 0 Å². The van der Waals surface area contributed by atoms with Gasteiger partial charge in [-0.1, -0.05) is 6.42 Å². The lowest BCUT2D eigenvalue weighted by atomic mass is 9.84. The van der Waals surface area contributed by atoms with Crippen molar-refractivity contribution in [1.82, 2.24) is 5.43 Å². The van der Waals surface area contributed by atoms with Crippen LogP contribution in [0, 0.1) is 17.8 Å². The average molecular weight is 220 g/mol. The topological polar surface area (TPSA) is 51.2 Å². The average Bonchev–Trinajstić information content (AvgIpc) is 3.01. The lowest BCUT2D eigenvalue weighted by molar-refractivity contribution is 0.264. The first-order chi connectivity index (χ1) is 7.86. The standard InChI is InChI=1S/C13H20N2O/c14-15-12(13-2-1-5-16-13)8-11-7-9-3-4-10(11)6-9/h1-2,5,9-12,15H,3-4,6-8,14H2. The van der Waals surface area contributed by atoms with E-state index in [4.69, 9.17) is 10.3 Å². The summed E-state index contributed by atoms with van der Waals surface area (Å²) >= 11 is 0. The second-order valence-corrected chi connectivity index (χ2v) is 5.41. The Morgan fingerprint density at radius 1 is 1.44 bits per heavy atom. The Morgan fingerprint density at radius 2 is 2.38 bits per heavy atom. The van der Waals surface area contributed by atoms with Gasteiger partial charge in [-0.25, -0.2) is 5.43 Å². The molecule has 0 radical (unpaired) electrons. The fourth-order valence-corrected chi connectivity index (χ4v) is 3.72. The molecule has 2 bridgehead atoms. The van der Waals surface area contributed by atoms with Crippen molar-refractivity contribution in [3.05, 3.63) is 24.2 Å². The number of furan rings is 1. The van der Waals surface area contributed by atoms with Gasteiger partial charge in [-0.15, -0.1) is 0 Å². The molecule has 0 saturated heterocycles. The Morgan fingerprint density at radius 3 is 2.94 bits per heavy atom. The highest BCUT2D eigenvalue weighted by Gasteiger charge is 2.40. The number of nitrogens with two attached hydrogens (primary N) is 1. The van der Waals surface area contributed by atoms with Crippen molar-refractivity contribution in [3.8, 4) is 0 Å². The van der Waals surface area contributed by atoms with Gasteiger partial charge in [-0.05, 0) is 55.6 Å². The van der Waals surface area contributed by atoms with E-state index < -0.39 is 0 Å². The molecule has 3 heteroatoms. The summed E-state index contributed by atoms with van der Waals surface area (Å²) in [6.07, 6.45) is 8.61. The van der Waals surface area contributed by atoms with Crippen molar-refractivity contribution >= 4 is 0 Å². The van der Waals surface area contributed by atoms with E-state index >= 15 is 0 Å². The molecule has 4 atom stereocenters. The third-order valence-electron chi connectivity index (χ3n) is 4.51. The van der Waals surface area contributed by atoms with Crippen molar-refractivity contribution in [3.63, 3.8) is 0 Å². The highest BCUT2D eigenvalue weighted by atomic mass is 16.3. The summed E-state index contributed by atoms with van der Waals surface area (Å²) in [5, 5.41) is 0. The van der Waals surface area contributed by atoms with Crippen molar-refractivity contribution in [2.24, 2.45) is 23.6 Å². The van der Waals surface area contributed by atoms with Crippen molar-refractivity contribution < 1.29 is 4.42 Å². The van der Waals surface area contributed by atoms with Gasteiger partial charge >= 0.3 is 0 Å². The Labute approximate surface area is 96.4 Å². The van der Waals surface area contributed by atoms with E-state index in [1.165, 1.54) is 25.7 Å². The minimum Gasteiger partial charge on any atom is -0.468 e. The van der Waals surface area contributed by atoms with E-state index in [-0.39, 0.29) is 6.04 Å². The van der Waals surface area contributed by atoms with Gasteiger partial charge in [-0.2, -0.15) is 0 Å². The summed E-state index contributed by atoms with van der Waals surface area (Å²) in [5.74, 6) is 9.42. The first kappa shape index (κ1) is 10.4. The highest BCUT2D eigenvalue weighted by Crippen LogP contribution is 2.50. The minimum absolute atomic E-state index is 0.194. The van der Waals surface area contributed by atoms with Crippen LogP contribution in [-0.4, -0.2) is 0 Å². The molecule has 1 aromatic rings. The maximum atomic E-state index is 5.63. The molecule has 0 amide bonds. The molecule has 16 heavy (non-hydrogen) atoms. The van der Waals surface area contributed by atoms with E-state index in [0.717, 1.165) is 29.9 Å². The van der Waals surface area contributed by atoms with Crippen molar-refractivity contribution in [1.29, 1.82) is 0 Å². The fraction of sp³-hybridized carbons (Fsp3) is 0.692. The van der Waals surface area contributed by atoms with Crippen LogP contribution in [0.5, 0.6) is 0 Å². The number of rotatable bonds is 4. The van der Waals surface area contributed by atoms with Crippen LogP contribution in [-0.2, 0) is 0 Å². The molecule has 0 spiro atoms. The predicted molar refractivity (Wildman–Crippen MR) is 62.3 cm³/mol. The molecule has 2 fully saturated rings. The highest BCUT2D eigenvalue weighted by molar-refractivity contribution is 5.05. The molecule has 3 N–H and O–H groups in total. The molecular weight excluding hydrogens is 200 g/mol. The number of nitrogens with one attached hydrogen (secondary N) is 1. The third kappa shape index (κ3) is 1.78. The zero-order valence-electron chi connectivity index (χ0n) is 9.56. The van der Waals surface area contributed by atoms with Gasteiger partial charge in [0.05, 0.1) is 12.3 Å². The molecule has 1 heterocycles. The van der Waals surface area contributed by atoms with Crippen LogP contribution < -0.4 is 11.3 Å². The number of hydrogen-bond acceptors (Lipinski definition) is 3. The Kier molecular flexibility index (Phi) is 2.74. The molecule has 4 unspecified atom stereocenters. The fourth-order valence-electron chi connectivity index (χ4n) is 3.72. The third-order valence-corrected chi connectivity index (χ3v) is 4.51. The van der Waals surface area contributed by atoms with Crippen LogP contribution in [0.3, 0.4) is 0 Å². The Bertz CT molecular complexity index is 336. The smallest absolute Gasteiger partial charge is 0.122 e. The van der Waals surface area contributed by atoms with E-state index in [1.54, 1.807) is 6.26 Å². The van der Waals surface area contributed by atoms with Gasteiger partial charge in [0.1, 0.15) is 5.76 Å². The van der Waals surface area contributed by atoms with Crippen molar-refractivity contribution in [2.45, 2.75) is 38.1 Å². The van der Waals surface area contributed by atoms with Gasteiger partial charge in [0, 0.05) is 0 Å². The van der Waals surface area contributed by atoms with Gasteiger partial charge in [-0.3, -0.25) is 5.84 Å². The molecule has 0 aromatic carbocycles. The summed E-state index contributed by atoms with van der Waals surface area (Å²) in [7, 11) is 0. The van der Waals surface area contributed by atoms with E-state index in [1.807, 2.05) is 12.1 Å². The number of hydrazine groups is 1. The summed E-state index contributed by atoms with van der Waals surface area (Å²) in [4.78, 5) is 0. The molecule has 2 saturated carbocycles. The second-order valence-electron chi connectivity index (χ2n) is 5.41. The predicted octanol–water partition coefficient (Wildman–Crippen LogP) is 2.61. The molecule has 3 rings (SSSR count). The van der Waals surface area contributed by atoms with Crippen LogP contribution in [0.1, 0.15) is 43.9 Å². The van der Waals surface area contributed by atoms with Gasteiger partial charge in [0.2, 0.25) is 0 Å². The number of hydrogen-bond donors (Lipinski definition) is 2. The van der Waals surface area contributed by atoms with Crippen LogP contribution in [0.25, 0.3) is 0 Å². The molecule has 88 valence electrons. The van der Waals surface area contributed by atoms with Gasteiger partial charge < -0.3 is 4.42 Å². The molecule has 2 aliphatic rings. The van der Waals surface area contributed by atoms with Gasteiger partial charge in [0.25, 0.3) is 0 Å². The van der Waals surface area contributed by atoms with Crippen LogP contribution >= 0.6 is 0 Å². The second kappa shape index (κ2) is 4.22. The first-order valence-corrected chi connectivity index (χ1v) is 6.36. The summed E-state index contributed by atoms with van der Waals surface area (Å²) < 4.78 is 5.43. The van der Waals surface area contributed by atoms with E-state index in [9.17, 15) is 0 Å². The summed E-state index contributed by atoms with van der Waals surface area (Å²) in [5.41, 5.74) is 2.90. The van der Waals surface area contributed by atoms with Crippen molar-refractivity contribution in [2.75, 3.05) is 0 Å². The molecular formula is C13H20N2O. The molecule has 0 aliphatic heterocycles. The minimum atomic E-state index is 0.194. The Hall–Kier alpha value is -0.800. The summed E-state index contributed by atoms with van der Waals surface area (Å²) in [6, 6.07) is 4.14. The Balaban J connectivity index is 1.65. The monoisotopic (exact) mass is 220 g/mol. The van der Waals surface area contributed by atoms with Crippen LogP contribution in [0.4, 0.5) is 0 Å². The molecule has 1 aromatic heterocycles. The molecule has 3 nitrogen and oxygen atoms in total. The van der Waals surface area contributed by atoms with E-state index in [2.05, 4.69) is 5.43 Å². The lowest BCUT2D eigenvalue weighted by Crippen LogP contribution is -2.30. The number of fused-ring (bicyclic) bond motifs is 2. The SMILES string of the molecule is NNC(CC1CC2CCC1C2)c1ccco1. The van der Waals surface area contributed by atoms with Crippen LogP contribution in [0.2, 0.25) is 0 Å². The maximum Gasteiger partial charge on any atom is 0.122 e. The van der Waals surface area contributed by atoms with Crippen LogP contribution in [0.15, 0.2) is 22.8 Å².